The largest absolute Gasteiger partial charge is 0.348 e. The van der Waals surface area contributed by atoms with Crippen LogP contribution in [0.25, 0.3) is 0 Å². The highest BCUT2D eigenvalue weighted by Gasteiger charge is 2.27. The molecule has 5 heteroatoms. The number of nitriles is 1. The molecule has 29 heavy (non-hydrogen) atoms. The summed E-state index contributed by atoms with van der Waals surface area (Å²) in [6.45, 7) is 3.35. The number of ether oxygens (including phenoxy) is 2. The van der Waals surface area contributed by atoms with Crippen molar-refractivity contribution >= 4 is 0 Å². The average molecular weight is 406 g/mol. The third-order valence-corrected chi connectivity index (χ3v) is 6.58. The maximum atomic E-state index is 13.8. The zero-order valence-corrected chi connectivity index (χ0v) is 17.5. The minimum absolute atomic E-state index is 0.291. The van der Waals surface area contributed by atoms with Gasteiger partial charge in [-0.3, -0.25) is 0 Å². The van der Waals surface area contributed by atoms with Crippen LogP contribution in [0.1, 0.15) is 88.5 Å². The second-order valence-corrected chi connectivity index (χ2v) is 8.80. The van der Waals surface area contributed by atoms with Crippen LogP contribution in [0, 0.1) is 40.7 Å². The van der Waals surface area contributed by atoms with E-state index in [0.29, 0.717) is 24.7 Å². The monoisotopic (exact) mass is 405 g/mol. The number of hydrogen-bond acceptors (Lipinski definition) is 3. The molecule has 3 nitrogen and oxygen atoms in total. The first-order valence-corrected chi connectivity index (χ1v) is 11.2. The SMILES string of the molecule is CCCCCC1CCC(CCC2COC(c3cc(F)c(C#N)c(F)c3)OC2)CC1. The molecule has 0 spiro atoms. The molecule has 0 bridgehead atoms. The number of unbranched alkanes of at least 4 members (excludes halogenated alkanes) is 2. The lowest BCUT2D eigenvalue weighted by atomic mass is 9.77. The quantitative estimate of drug-likeness (QED) is 0.454. The van der Waals surface area contributed by atoms with E-state index in [0.717, 1.165) is 30.4 Å². The summed E-state index contributed by atoms with van der Waals surface area (Å²) in [5.41, 5.74) is -0.277. The maximum absolute atomic E-state index is 13.8. The molecule has 0 N–H and O–H groups in total. The summed E-state index contributed by atoms with van der Waals surface area (Å²) in [5.74, 6) is 0.343. The maximum Gasteiger partial charge on any atom is 0.184 e. The molecule has 1 aliphatic carbocycles. The van der Waals surface area contributed by atoms with Gasteiger partial charge >= 0.3 is 0 Å². The Morgan fingerprint density at radius 2 is 1.45 bits per heavy atom. The summed E-state index contributed by atoms with van der Waals surface area (Å²) < 4.78 is 39.1. The Balaban J connectivity index is 1.37. The lowest BCUT2D eigenvalue weighted by Gasteiger charge is -2.32. The van der Waals surface area contributed by atoms with Gasteiger partial charge in [-0.05, 0) is 30.4 Å². The number of hydrogen-bond donors (Lipinski definition) is 0. The molecule has 1 heterocycles. The number of benzene rings is 1. The van der Waals surface area contributed by atoms with E-state index in [2.05, 4.69) is 6.92 Å². The van der Waals surface area contributed by atoms with Gasteiger partial charge in [0, 0.05) is 11.5 Å². The fraction of sp³-hybridized carbons (Fsp3) is 0.708. The van der Waals surface area contributed by atoms with Crippen molar-refractivity contribution in [3.8, 4) is 6.07 Å². The zero-order valence-electron chi connectivity index (χ0n) is 17.5. The minimum Gasteiger partial charge on any atom is -0.348 e. The van der Waals surface area contributed by atoms with E-state index in [4.69, 9.17) is 14.7 Å². The smallest absolute Gasteiger partial charge is 0.184 e. The Kier molecular flexibility index (Phi) is 8.44. The topological polar surface area (TPSA) is 42.2 Å². The molecule has 0 amide bonds. The molecule has 160 valence electrons. The van der Waals surface area contributed by atoms with Gasteiger partial charge in [0.05, 0.1) is 13.2 Å². The lowest BCUT2D eigenvalue weighted by Crippen LogP contribution is -2.28. The second-order valence-electron chi connectivity index (χ2n) is 8.80. The Labute approximate surface area is 173 Å². The van der Waals surface area contributed by atoms with E-state index in [1.54, 1.807) is 0 Å². The third kappa shape index (κ3) is 6.23. The van der Waals surface area contributed by atoms with Crippen LogP contribution in [-0.2, 0) is 9.47 Å². The van der Waals surface area contributed by atoms with E-state index in [9.17, 15) is 8.78 Å². The number of nitrogens with zero attached hydrogens (tertiary/aromatic N) is 1. The summed E-state index contributed by atoms with van der Waals surface area (Å²) in [6, 6.07) is 3.79. The molecule has 1 saturated heterocycles. The standard InChI is InChI=1S/C24H33F2NO2/c1-2-3-4-5-17-6-8-18(9-7-17)10-11-19-15-28-24(29-16-19)20-12-22(25)21(14-27)23(26)13-20/h12-13,17-19,24H,2-11,15-16H2,1H3. The molecule has 0 aromatic heterocycles. The summed E-state index contributed by atoms with van der Waals surface area (Å²) >= 11 is 0. The highest BCUT2D eigenvalue weighted by molar-refractivity contribution is 5.35. The van der Waals surface area contributed by atoms with Crippen molar-refractivity contribution in [3.63, 3.8) is 0 Å². The first kappa shape index (κ1) is 22.2. The molecule has 3 rings (SSSR count). The van der Waals surface area contributed by atoms with Crippen LogP contribution in [0.3, 0.4) is 0 Å². The van der Waals surface area contributed by atoms with Crippen molar-refractivity contribution in [2.75, 3.05) is 13.2 Å². The second kappa shape index (κ2) is 11.0. The number of halogens is 2. The molecule has 0 radical (unpaired) electrons. The summed E-state index contributed by atoms with van der Waals surface area (Å²) in [7, 11) is 0. The number of rotatable bonds is 8. The first-order valence-electron chi connectivity index (χ1n) is 11.2. The van der Waals surface area contributed by atoms with Crippen molar-refractivity contribution in [1.29, 1.82) is 5.26 Å². The fourth-order valence-corrected chi connectivity index (χ4v) is 4.70. The molecule has 2 fully saturated rings. The van der Waals surface area contributed by atoms with E-state index in [1.165, 1.54) is 63.9 Å². The van der Waals surface area contributed by atoms with Gasteiger partial charge < -0.3 is 9.47 Å². The van der Waals surface area contributed by atoms with Crippen LogP contribution < -0.4 is 0 Å². The zero-order chi connectivity index (χ0) is 20.6. The Morgan fingerprint density at radius 3 is 2.00 bits per heavy atom. The fourth-order valence-electron chi connectivity index (χ4n) is 4.70. The van der Waals surface area contributed by atoms with Gasteiger partial charge in [0.25, 0.3) is 0 Å². The van der Waals surface area contributed by atoms with E-state index in [1.807, 2.05) is 0 Å². The van der Waals surface area contributed by atoms with Crippen LogP contribution in [0.2, 0.25) is 0 Å². The normalized spacial score (nSPS) is 27.5. The molecule has 0 unspecified atom stereocenters. The highest BCUT2D eigenvalue weighted by atomic mass is 19.1. The summed E-state index contributed by atoms with van der Waals surface area (Å²) in [6.07, 6.45) is 12.4. The molecule has 1 aromatic carbocycles. The van der Waals surface area contributed by atoms with Crippen molar-refractivity contribution < 1.29 is 18.3 Å². The average Bonchev–Trinajstić information content (AvgIpc) is 2.73. The van der Waals surface area contributed by atoms with Crippen LogP contribution in [0.15, 0.2) is 12.1 Å². The van der Waals surface area contributed by atoms with Crippen molar-refractivity contribution in [3.05, 3.63) is 34.9 Å². The third-order valence-electron chi connectivity index (χ3n) is 6.58. The lowest BCUT2D eigenvalue weighted by molar-refractivity contribution is -0.206. The van der Waals surface area contributed by atoms with Gasteiger partial charge in [0.2, 0.25) is 0 Å². The molecule has 1 aromatic rings. The van der Waals surface area contributed by atoms with Gasteiger partial charge in [-0.15, -0.1) is 0 Å². The summed E-state index contributed by atoms with van der Waals surface area (Å²) in [4.78, 5) is 0. The molecule has 0 atom stereocenters. The van der Waals surface area contributed by atoms with E-state index < -0.39 is 23.5 Å². The summed E-state index contributed by atoms with van der Waals surface area (Å²) in [5, 5.41) is 8.77. The Morgan fingerprint density at radius 1 is 0.897 bits per heavy atom. The van der Waals surface area contributed by atoms with Gasteiger partial charge in [-0.2, -0.15) is 5.26 Å². The Bertz CT molecular complexity index is 664. The Hall–Kier alpha value is -1.51. The van der Waals surface area contributed by atoms with Gasteiger partial charge in [0.15, 0.2) is 6.29 Å². The highest BCUT2D eigenvalue weighted by Crippen LogP contribution is 2.36. The van der Waals surface area contributed by atoms with Gasteiger partial charge in [-0.1, -0.05) is 64.7 Å². The predicted octanol–water partition coefficient (Wildman–Crippen LogP) is 6.66. The van der Waals surface area contributed by atoms with E-state index >= 15 is 0 Å². The van der Waals surface area contributed by atoms with Crippen LogP contribution in [-0.4, -0.2) is 13.2 Å². The van der Waals surface area contributed by atoms with Crippen molar-refractivity contribution in [1.82, 2.24) is 0 Å². The molecule has 1 saturated carbocycles. The minimum atomic E-state index is -0.873. The van der Waals surface area contributed by atoms with Gasteiger partial charge in [-0.25, -0.2) is 8.78 Å². The van der Waals surface area contributed by atoms with Crippen molar-refractivity contribution in [2.24, 2.45) is 17.8 Å². The van der Waals surface area contributed by atoms with Crippen LogP contribution in [0.4, 0.5) is 8.78 Å². The van der Waals surface area contributed by atoms with E-state index in [-0.39, 0.29) is 0 Å². The van der Waals surface area contributed by atoms with Crippen molar-refractivity contribution in [2.45, 2.75) is 77.4 Å². The first-order chi connectivity index (χ1) is 14.1. The van der Waals surface area contributed by atoms with Gasteiger partial charge in [0.1, 0.15) is 23.3 Å². The molecule has 2 aliphatic rings. The predicted molar refractivity (Wildman–Crippen MR) is 108 cm³/mol. The molecular formula is C24H33F2NO2. The van der Waals surface area contributed by atoms with Crippen LogP contribution in [0.5, 0.6) is 0 Å². The molecule has 1 aliphatic heterocycles. The molecular weight excluding hydrogens is 372 g/mol. The van der Waals surface area contributed by atoms with Crippen LogP contribution >= 0.6 is 0 Å².